The lowest BCUT2D eigenvalue weighted by molar-refractivity contribution is -0.670. The Bertz CT molecular complexity index is 1300. The van der Waals surface area contributed by atoms with E-state index in [2.05, 4.69) is 11.6 Å². The highest BCUT2D eigenvalue weighted by atomic mass is 32.2. The van der Waals surface area contributed by atoms with Crippen molar-refractivity contribution in [1.82, 2.24) is 9.62 Å². The van der Waals surface area contributed by atoms with Crippen molar-refractivity contribution in [2.75, 3.05) is 44.1 Å². The van der Waals surface area contributed by atoms with Gasteiger partial charge in [0.2, 0.25) is 22.7 Å². The van der Waals surface area contributed by atoms with Gasteiger partial charge in [0, 0.05) is 37.7 Å². The van der Waals surface area contributed by atoms with Gasteiger partial charge in [0.25, 0.3) is 0 Å². The van der Waals surface area contributed by atoms with Gasteiger partial charge in [-0.25, -0.2) is 17.7 Å². The average molecular weight is 562 g/mol. The Hall–Kier alpha value is -3.22. The zero-order chi connectivity index (χ0) is 28.2. The number of nitrogens with one attached hydrogen (secondary N) is 1. The molecule has 1 fully saturated rings. The summed E-state index contributed by atoms with van der Waals surface area (Å²) in [5.74, 6) is -1.23. The third-order valence-corrected chi connectivity index (χ3v) is 8.00. The van der Waals surface area contributed by atoms with Gasteiger partial charge in [-0.15, -0.1) is 0 Å². The number of anilines is 1. The lowest BCUT2D eigenvalue weighted by Gasteiger charge is -2.29. The number of ether oxygens (including phenoxy) is 2. The van der Waals surface area contributed by atoms with Gasteiger partial charge in [0.05, 0.1) is 18.7 Å². The zero-order valence-corrected chi connectivity index (χ0v) is 23.4. The largest absolute Gasteiger partial charge is 0.481 e. The molecule has 1 unspecified atom stereocenters. The fourth-order valence-electron chi connectivity index (χ4n) is 5.43. The normalized spacial score (nSPS) is 20.7. The first kappa shape index (κ1) is 28.8. The summed E-state index contributed by atoms with van der Waals surface area (Å²) in [6, 6.07) is 8.62. The molecule has 1 aromatic heterocycles. The van der Waals surface area contributed by atoms with E-state index in [9.17, 15) is 23.1 Å². The molecule has 2 N–H and O–H groups in total. The number of nitrogens with zero attached hydrogens (tertiary/aromatic N) is 3. The zero-order valence-electron chi connectivity index (χ0n) is 22.6. The van der Waals surface area contributed by atoms with Crippen molar-refractivity contribution < 1.29 is 37.2 Å². The van der Waals surface area contributed by atoms with Crippen LogP contribution in [0.15, 0.2) is 42.7 Å². The van der Waals surface area contributed by atoms with Crippen LogP contribution in [-0.4, -0.2) is 75.6 Å². The van der Waals surface area contributed by atoms with Gasteiger partial charge in [-0.3, -0.25) is 14.5 Å². The quantitative estimate of drug-likeness (QED) is 0.373. The molecular formula is C27H37N4O7S+. The maximum Gasteiger partial charge on any atom is 0.308 e. The second-order valence-corrected chi connectivity index (χ2v) is 12.0. The van der Waals surface area contributed by atoms with Crippen LogP contribution in [0, 0.1) is 5.92 Å². The first-order valence-corrected chi connectivity index (χ1v) is 15.0. The Labute approximate surface area is 229 Å². The monoisotopic (exact) mass is 561 g/mol. The number of fused-ring (bicyclic) bond motifs is 1. The Morgan fingerprint density at radius 2 is 2.00 bits per heavy atom. The highest BCUT2D eigenvalue weighted by Crippen LogP contribution is 2.42. The van der Waals surface area contributed by atoms with Gasteiger partial charge >= 0.3 is 5.97 Å². The Morgan fingerprint density at radius 1 is 1.23 bits per heavy atom. The number of aromatic nitrogens is 1. The number of hydrogen-bond acceptors (Lipinski definition) is 7. The third-order valence-electron chi connectivity index (χ3n) is 7.27. The van der Waals surface area contributed by atoms with E-state index in [4.69, 9.17) is 9.47 Å². The molecule has 1 amide bonds. The molecule has 2 aliphatic rings. The maximum absolute atomic E-state index is 13.7. The van der Waals surface area contributed by atoms with Crippen molar-refractivity contribution in [3.05, 3.63) is 48.3 Å². The number of unbranched alkanes of at least 4 members (excludes halogenated alkanes) is 1. The lowest BCUT2D eigenvalue weighted by atomic mass is 9.84. The summed E-state index contributed by atoms with van der Waals surface area (Å²) in [6.07, 6.45) is 6.83. The van der Waals surface area contributed by atoms with E-state index < -0.39 is 33.9 Å². The SMILES string of the molecule is CCCCN(C(=O)CN1C[C@H](c2ccc3c(c2)OCO3)C(C(=O)O)[C@@H]1CCNS(C)(=O)=O)c1ccc[n+](C)c1. The Morgan fingerprint density at radius 3 is 2.69 bits per heavy atom. The van der Waals surface area contributed by atoms with Gasteiger partial charge in [-0.2, -0.15) is 0 Å². The van der Waals surface area contributed by atoms with E-state index in [1.54, 1.807) is 17.0 Å². The van der Waals surface area contributed by atoms with Crippen LogP contribution in [-0.2, 0) is 26.7 Å². The van der Waals surface area contributed by atoms with Gasteiger partial charge in [-0.05, 0) is 36.6 Å². The molecule has 3 heterocycles. The third kappa shape index (κ3) is 7.06. The van der Waals surface area contributed by atoms with Crippen LogP contribution in [0.2, 0.25) is 0 Å². The molecule has 12 heteroatoms. The number of carboxylic acid groups (broad SMARTS) is 1. The van der Waals surface area contributed by atoms with E-state index in [1.807, 2.05) is 47.1 Å². The number of amides is 1. The lowest BCUT2D eigenvalue weighted by Crippen LogP contribution is -2.46. The number of hydrogen-bond donors (Lipinski definition) is 2. The van der Waals surface area contributed by atoms with Crippen LogP contribution in [0.3, 0.4) is 0 Å². The molecule has 0 bridgehead atoms. The molecule has 2 aliphatic heterocycles. The second-order valence-electron chi connectivity index (χ2n) is 10.2. The van der Waals surface area contributed by atoms with Crippen molar-refractivity contribution in [3.63, 3.8) is 0 Å². The average Bonchev–Trinajstić information content (AvgIpc) is 3.48. The van der Waals surface area contributed by atoms with Crippen LogP contribution in [0.1, 0.15) is 37.7 Å². The predicted octanol–water partition coefficient (Wildman–Crippen LogP) is 1.48. The van der Waals surface area contributed by atoms with E-state index in [0.717, 1.165) is 30.3 Å². The number of carboxylic acids is 1. The summed E-state index contributed by atoms with van der Waals surface area (Å²) in [4.78, 5) is 30.0. The molecule has 212 valence electrons. The molecule has 0 aliphatic carbocycles. The second kappa shape index (κ2) is 12.3. The van der Waals surface area contributed by atoms with Crippen molar-refractivity contribution in [3.8, 4) is 11.5 Å². The molecule has 0 radical (unpaired) electrons. The number of carbonyl (C=O) groups excluding carboxylic acids is 1. The van der Waals surface area contributed by atoms with Crippen LogP contribution in [0.25, 0.3) is 0 Å². The van der Waals surface area contributed by atoms with Gasteiger partial charge in [0.15, 0.2) is 23.9 Å². The fraction of sp³-hybridized carbons (Fsp3) is 0.519. The number of pyridine rings is 1. The minimum Gasteiger partial charge on any atom is -0.481 e. The number of carbonyl (C=O) groups is 2. The van der Waals surface area contributed by atoms with E-state index >= 15 is 0 Å². The van der Waals surface area contributed by atoms with Crippen molar-refractivity contribution >= 4 is 27.6 Å². The summed E-state index contributed by atoms with van der Waals surface area (Å²) in [7, 11) is -1.56. The molecule has 11 nitrogen and oxygen atoms in total. The first-order chi connectivity index (χ1) is 18.6. The molecule has 0 spiro atoms. The van der Waals surface area contributed by atoms with Gasteiger partial charge in [0.1, 0.15) is 12.7 Å². The van der Waals surface area contributed by atoms with Crippen LogP contribution < -0.4 is 23.7 Å². The summed E-state index contributed by atoms with van der Waals surface area (Å²) in [5.41, 5.74) is 1.55. The summed E-state index contributed by atoms with van der Waals surface area (Å²) < 4.78 is 38.7. The number of likely N-dealkylation sites (tertiary alicyclic amines) is 1. The van der Waals surface area contributed by atoms with Crippen LogP contribution in [0.4, 0.5) is 5.69 Å². The molecule has 2 aromatic rings. The Balaban J connectivity index is 1.63. The van der Waals surface area contributed by atoms with E-state index in [0.29, 0.717) is 24.6 Å². The minimum absolute atomic E-state index is 0.0106. The molecule has 39 heavy (non-hydrogen) atoms. The van der Waals surface area contributed by atoms with Crippen LogP contribution in [0.5, 0.6) is 11.5 Å². The molecule has 1 aromatic carbocycles. The molecule has 0 saturated carbocycles. The smallest absolute Gasteiger partial charge is 0.308 e. The topological polar surface area (TPSA) is 129 Å². The van der Waals surface area contributed by atoms with Crippen LogP contribution >= 0.6 is 0 Å². The standard InChI is InChI=1S/C27H36N4O7S/c1-4-5-13-31(20-7-6-12-29(2)15-20)25(32)17-30-16-21(19-8-9-23-24(14-19)38-18-37-23)26(27(33)34)22(30)10-11-28-39(3,35)36/h6-9,12,14-15,21-22,26,28H,4-5,10-11,13,16-18H2,1-3H3/p+1/t21-,22+,26?/m1/s1. The number of aryl methyl sites for hydroxylation is 1. The number of sulfonamides is 1. The molecule has 1 saturated heterocycles. The minimum atomic E-state index is -3.45. The molecule has 3 atom stereocenters. The fourth-order valence-corrected chi connectivity index (χ4v) is 5.92. The summed E-state index contributed by atoms with van der Waals surface area (Å²) in [5, 5.41) is 10.3. The van der Waals surface area contributed by atoms with Crippen molar-refractivity contribution in [1.29, 1.82) is 0 Å². The number of benzene rings is 1. The summed E-state index contributed by atoms with van der Waals surface area (Å²) >= 11 is 0. The van der Waals surface area contributed by atoms with Gasteiger partial charge < -0.3 is 19.5 Å². The van der Waals surface area contributed by atoms with Crippen molar-refractivity contribution in [2.24, 2.45) is 13.0 Å². The van der Waals surface area contributed by atoms with E-state index in [1.165, 1.54) is 0 Å². The summed E-state index contributed by atoms with van der Waals surface area (Å²) in [6.45, 7) is 3.12. The number of rotatable bonds is 12. The van der Waals surface area contributed by atoms with Gasteiger partial charge in [-0.1, -0.05) is 19.4 Å². The first-order valence-electron chi connectivity index (χ1n) is 13.1. The Kier molecular flexibility index (Phi) is 9.08. The highest BCUT2D eigenvalue weighted by Gasteiger charge is 2.47. The number of aliphatic carboxylic acids is 1. The van der Waals surface area contributed by atoms with E-state index in [-0.39, 0.29) is 32.2 Å². The maximum atomic E-state index is 13.7. The van der Waals surface area contributed by atoms with Crippen molar-refractivity contribution in [2.45, 2.75) is 38.1 Å². The molecule has 4 rings (SSSR count). The molecular weight excluding hydrogens is 524 g/mol. The highest BCUT2D eigenvalue weighted by molar-refractivity contribution is 7.88. The predicted molar refractivity (Wildman–Crippen MR) is 144 cm³/mol.